The fourth-order valence-corrected chi connectivity index (χ4v) is 3.43. The Kier molecular flexibility index (Phi) is 4.34. The molecule has 1 aliphatic heterocycles. The Morgan fingerprint density at radius 2 is 1.96 bits per heavy atom. The van der Waals surface area contributed by atoms with Crippen molar-refractivity contribution in [3.63, 3.8) is 0 Å². The van der Waals surface area contributed by atoms with Crippen molar-refractivity contribution in [1.82, 2.24) is 10.3 Å². The molecule has 0 bridgehead atoms. The van der Waals surface area contributed by atoms with E-state index in [1.165, 1.54) is 0 Å². The Balaban J connectivity index is 1.43. The van der Waals surface area contributed by atoms with Crippen LogP contribution in [0.3, 0.4) is 0 Å². The molecule has 1 atom stereocenters. The number of nitrogens with zero attached hydrogens (tertiary/aromatic N) is 1. The third kappa shape index (κ3) is 3.33. The van der Waals surface area contributed by atoms with E-state index in [0.717, 1.165) is 34.2 Å². The number of aromatic nitrogens is 1. The van der Waals surface area contributed by atoms with Crippen LogP contribution in [0, 0.1) is 0 Å². The van der Waals surface area contributed by atoms with Crippen LogP contribution in [-0.4, -0.2) is 17.5 Å². The average Bonchev–Trinajstić information content (AvgIpc) is 2.66. The van der Waals surface area contributed by atoms with Gasteiger partial charge in [0.1, 0.15) is 5.75 Å². The van der Waals surface area contributed by atoms with E-state index in [0.29, 0.717) is 19.6 Å². The zero-order chi connectivity index (χ0) is 17.1. The smallest absolute Gasteiger partial charge is 0.220 e. The van der Waals surface area contributed by atoms with Crippen molar-refractivity contribution >= 4 is 16.7 Å². The number of carbonyl (C=O) groups is 1. The van der Waals surface area contributed by atoms with Gasteiger partial charge in [-0.05, 0) is 35.4 Å². The molecule has 0 spiro atoms. The van der Waals surface area contributed by atoms with Crippen LogP contribution in [0.25, 0.3) is 10.8 Å². The number of rotatable bonds is 4. The lowest BCUT2D eigenvalue weighted by Gasteiger charge is -2.25. The quantitative estimate of drug-likeness (QED) is 0.790. The number of hydrogen-bond acceptors (Lipinski definition) is 3. The maximum Gasteiger partial charge on any atom is 0.220 e. The summed E-state index contributed by atoms with van der Waals surface area (Å²) < 4.78 is 5.67. The molecule has 0 aliphatic carbocycles. The molecule has 0 fully saturated rings. The highest BCUT2D eigenvalue weighted by Crippen LogP contribution is 2.35. The summed E-state index contributed by atoms with van der Waals surface area (Å²) in [6.45, 7) is 1.12. The first-order valence-electron chi connectivity index (χ1n) is 8.62. The van der Waals surface area contributed by atoms with E-state index in [9.17, 15) is 4.79 Å². The molecule has 0 saturated heterocycles. The first kappa shape index (κ1) is 15.6. The van der Waals surface area contributed by atoms with Crippen molar-refractivity contribution in [2.45, 2.75) is 25.3 Å². The summed E-state index contributed by atoms with van der Waals surface area (Å²) in [6, 6.07) is 18.1. The fourth-order valence-electron chi connectivity index (χ4n) is 3.43. The zero-order valence-corrected chi connectivity index (χ0v) is 13.9. The van der Waals surface area contributed by atoms with Crippen LogP contribution in [0.1, 0.15) is 30.0 Å². The molecule has 2 heterocycles. The lowest BCUT2D eigenvalue weighted by molar-refractivity contribution is -0.121. The molecule has 4 nitrogen and oxygen atoms in total. The number of ether oxygens (including phenoxy) is 1. The Bertz CT molecular complexity index is 902. The van der Waals surface area contributed by atoms with Crippen LogP contribution < -0.4 is 10.1 Å². The summed E-state index contributed by atoms with van der Waals surface area (Å²) in [5.74, 6) is 1.17. The van der Waals surface area contributed by atoms with Crippen LogP contribution in [0.15, 0.2) is 60.8 Å². The number of fused-ring (bicyclic) bond motifs is 2. The first-order chi connectivity index (χ1) is 12.3. The minimum absolute atomic E-state index is 0.0523. The maximum absolute atomic E-state index is 12.5. The minimum Gasteiger partial charge on any atom is -0.493 e. The number of pyridine rings is 1. The van der Waals surface area contributed by atoms with Crippen molar-refractivity contribution in [2.24, 2.45) is 0 Å². The van der Waals surface area contributed by atoms with Gasteiger partial charge in [-0.3, -0.25) is 9.78 Å². The van der Waals surface area contributed by atoms with E-state index in [2.05, 4.69) is 22.4 Å². The Hall–Kier alpha value is -2.88. The molecule has 0 saturated carbocycles. The largest absolute Gasteiger partial charge is 0.493 e. The molecular formula is C21H20N2O2. The molecule has 126 valence electrons. The van der Waals surface area contributed by atoms with Crippen LogP contribution in [-0.2, 0) is 11.3 Å². The van der Waals surface area contributed by atoms with E-state index in [1.54, 1.807) is 6.20 Å². The molecule has 25 heavy (non-hydrogen) atoms. The maximum atomic E-state index is 12.5. The lowest BCUT2D eigenvalue weighted by atomic mass is 9.90. The molecule has 3 aromatic rings. The van der Waals surface area contributed by atoms with Gasteiger partial charge in [0.05, 0.1) is 18.8 Å². The van der Waals surface area contributed by atoms with Crippen molar-refractivity contribution in [1.29, 1.82) is 0 Å². The first-order valence-corrected chi connectivity index (χ1v) is 8.62. The lowest BCUT2D eigenvalue weighted by Crippen LogP contribution is -2.27. The van der Waals surface area contributed by atoms with Crippen molar-refractivity contribution < 1.29 is 9.53 Å². The molecule has 1 N–H and O–H groups in total. The van der Waals surface area contributed by atoms with Gasteiger partial charge in [-0.1, -0.05) is 42.5 Å². The van der Waals surface area contributed by atoms with Gasteiger partial charge < -0.3 is 10.1 Å². The third-order valence-corrected chi connectivity index (χ3v) is 4.72. The highest BCUT2D eigenvalue weighted by Gasteiger charge is 2.23. The van der Waals surface area contributed by atoms with E-state index >= 15 is 0 Å². The summed E-state index contributed by atoms with van der Waals surface area (Å²) in [6.07, 6.45) is 3.14. The average molecular weight is 332 g/mol. The third-order valence-electron chi connectivity index (χ3n) is 4.72. The summed E-state index contributed by atoms with van der Waals surface area (Å²) >= 11 is 0. The van der Waals surface area contributed by atoms with Crippen molar-refractivity contribution in [3.8, 4) is 5.75 Å². The summed E-state index contributed by atoms with van der Waals surface area (Å²) in [7, 11) is 0. The van der Waals surface area contributed by atoms with Gasteiger partial charge >= 0.3 is 0 Å². The zero-order valence-electron chi connectivity index (χ0n) is 13.9. The van der Waals surface area contributed by atoms with Crippen LogP contribution >= 0.6 is 0 Å². The van der Waals surface area contributed by atoms with Gasteiger partial charge in [-0.15, -0.1) is 0 Å². The Labute approximate surface area is 146 Å². The second-order valence-corrected chi connectivity index (χ2v) is 6.33. The van der Waals surface area contributed by atoms with Crippen molar-refractivity contribution in [2.75, 3.05) is 6.61 Å². The van der Waals surface area contributed by atoms with Gasteiger partial charge in [0.15, 0.2) is 0 Å². The number of hydrogen-bond donors (Lipinski definition) is 1. The Morgan fingerprint density at radius 3 is 2.92 bits per heavy atom. The number of amides is 1. The van der Waals surface area contributed by atoms with Crippen molar-refractivity contribution in [3.05, 3.63) is 72.1 Å². The van der Waals surface area contributed by atoms with Gasteiger partial charge in [0.2, 0.25) is 5.91 Å². The molecule has 4 rings (SSSR count). The molecule has 1 aliphatic rings. The number of para-hydroxylation sites is 1. The minimum atomic E-state index is 0.0523. The topological polar surface area (TPSA) is 51.2 Å². The molecule has 0 radical (unpaired) electrons. The van der Waals surface area contributed by atoms with Crippen LogP contribution in [0.2, 0.25) is 0 Å². The number of nitrogens with one attached hydrogen (secondary N) is 1. The highest BCUT2D eigenvalue weighted by molar-refractivity contribution is 5.85. The highest BCUT2D eigenvalue weighted by atomic mass is 16.5. The molecule has 4 heteroatoms. The predicted molar refractivity (Wildman–Crippen MR) is 97.5 cm³/mol. The van der Waals surface area contributed by atoms with Gasteiger partial charge in [-0.25, -0.2) is 0 Å². The molecule has 2 aromatic carbocycles. The molecule has 1 aromatic heterocycles. The van der Waals surface area contributed by atoms with Gasteiger partial charge in [-0.2, -0.15) is 0 Å². The number of benzene rings is 2. The Morgan fingerprint density at radius 1 is 1.12 bits per heavy atom. The van der Waals surface area contributed by atoms with E-state index < -0.39 is 0 Å². The molecule has 1 unspecified atom stereocenters. The molecular weight excluding hydrogens is 312 g/mol. The predicted octanol–water partition coefficient (Wildman–Crippen LogP) is 3.81. The van der Waals surface area contributed by atoms with Gasteiger partial charge in [0.25, 0.3) is 0 Å². The number of carbonyl (C=O) groups excluding carboxylic acids is 1. The summed E-state index contributed by atoms with van der Waals surface area (Å²) in [5.41, 5.74) is 2.03. The fraction of sp³-hybridized carbons (Fsp3) is 0.238. The standard InChI is InChI=1S/C21H20N2O2/c24-21(13-16-10-12-25-20-8-4-3-7-18(16)20)23-14-19-17-6-2-1-5-15(17)9-11-22-19/h1-9,11,16H,10,12-14H2,(H,23,24). The normalized spacial score (nSPS) is 16.1. The van der Waals surface area contributed by atoms with Gasteiger partial charge in [0, 0.05) is 18.0 Å². The second-order valence-electron chi connectivity index (χ2n) is 6.33. The SMILES string of the molecule is O=C(CC1CCOc2ccccc21)NCc1nccc2ccccc12. The van der Waals surface area contributed by atoms with E-state index in [-0.39, 0.29) is 11.8 Å². The van der Waals surface area contributed by atoms with E-state index in [1.807, 2.05) is 42.5 Å². The van der Waals surface area contributed by atoms with E-state index in [4.69, 9.17) is 4.74 Å². The second kappa shape index (κ2) is 6.93. The summed E-state index contributed by atoms with van der Waals surface area (Å²) in [4.78, 5) is 16.9. The monoisotopic (exact) mass is 332 g/mol. The van der Waals surface area contributed by atoms with Crippen LogP contribution in [0.5, 0.6) is 5.75 Å². The molecule has 1 amide bonds. The van der Waals surface area contributed by atoms with Crippen LogP contribution in [0.4, 0.5) is 0 Å². The summed E-state index contributed by atoms with van der Waals surface area (Å²) in [5, 5.41) is 5.25.